The van der Waals surface area contributed by atoms with Gasteiger partial charge in [0.25, 0.3) is 0 Å². The van der Waals surface area contributed by atoms with Crippen molar-refractivity contribution in [1.82, 2.24) is 4.57 Å². The zero-order valence-corrected chi connectivity index (χ0v) is 18.2. The van der Waals surface area contributed by atoms with E-state index in [9.17, 15) is 19.5 Å². The van der Waals surface area contributed by atoms with Crippen LogP contribution in [0.3, 0.4) is 0 Å². The molecule has 4 rings (SSSR count). The van der Waals surface area contributed by atoms with Gasteiger partial charge < -0.3 is 15.2 Å². The van der Waals surface area contributed by atoms with Gasteiger partial charge in [0.1, 0.15) is 6.54 Å². The van der Waals surface area contributed by atoms with Gasteiger partial charge in [-0.2, -0.15) is 0 Å². The second kappa shape index (κ2) is 8.81. The molecular formula is C22H16ClN3O5S. The molecule has 2 aromatic carbocycles. The minimum atomic E-state index is -0.646. The number of rotatable bonds is 5. The molecule has 8 nitrogen and oxygen atoms in total. The van der Waals surface area contributed by atoms with Gasteiger partial charge in [-0.1, -0.05) is 41.1 Å². The van der Waals surface area contributed by atoms with Gasteiger partial charge in [-0.15, -0.1) is 0 Å². The van der Waals surface area contributed by atoms with Gasteiger partial charge >= 0.3 is 10.8 Å². The zero-order valence-electron chi connectivity index (χ0n) is 16.7. The van der Waals surface area contributed by atoms with Crippen LogP contribution in [0.2, 0.25) is 5.02 Å². The van der Waals surface area contributed by atoms with E-state index in [1.54, 1.807) is 12.3 Å². The van der Waals surface area contributed by atoms with Crippen molar-refractivity contribution in [2.24, 2.45) is 4.99 Å². The minimum absolute atomic E-state index is 0.0925. The Hall–Kier alpha value is -3.69. The van der Waals surface area contributed by atoms with Crippen molar-refractivity contribution in [3.05, 3.63) is 73.2 Å². The number of aromatic nitrogens is 1. The number of nitrogens with one attached hydrogen (secondary N) is 1. The van der Waals surface area contributed by atoms with Crippen LogP contribution in [0.15, 0.2) is 52.3 Å². The summed E-state index contributed by atoms with van der Waals surface area (Å²) in [6.07, 6.45) is 3.32. The Morgan fingerprint density at radius 3 is 2.84 bits per heavy atom. The lowest BCUT2D eigenvalue weighted by Gasteiger charge is -2.09. The molecule has 0 radical (unpaired) electrons. The van der Waals surface area contributed by atoms with E-state index in [1.807, 2.05) is 24.3 Å². The minimum Gasteiger partial charge on any atom is -0.493 e. The normalized spacial score (nSPS) is 13.2. The highest BCUT2D eigenvalue weighted by atomic mass is 35.5. The second-order valence-corrected chi connectivity index (χ2v) is 8.15. The smallest absolute Gasteiger partial charge is 0.339 e. The number of carbonyl (C=O) groups excluding carboxylic acids is 2. The van der Waals surface area contributed by atoms with Gasteiger partial charge in [0.2, 0.25) is 11.8 Å². The van der Waals surface area contributed by atoms with Gasteiger partial charge in [-0.05, 0) is 30.3 Å². The number of ether oxygens (including phenoxy) is 1. The largest absolute Gasteiger partial charge is 0.493 e. The molecule has 0 aliphatic carbocycles. The summed E-state index contributed by atoms with van der Waals surface area (Å²) in [5, 5.41) is 13.3. The van der Waals surface area contributed by atoms with Crippen LogP contribution in [-0.4, -0.2) is 34.9 Å². The summed E-state index contributed by atoms with van der Waals surface area (Å²) in [7, 11) is 1.22. The van der Waals surface area contributed by atoms with E-state index in [4.69, 9.17) is 11.6 Å². The molecule has 1 aliphatic heterocycles. The number of amides is 1. The molecule has 0 spiro atoms. The van der Waals surface area contributed by atoms with Crippen molar-refractivity contribution >= 4 is 64.1 Å². The summed E-state index contributed by atoms with van der Waals surface area (Å²) in [6, 6.07) is 11.8. The summed E-state index contributed by atoms with van der Waals surface area (Å²) in [6.45, 7) is -0.412. The van der Waals surface area contributed by atoms with Gasteiger partial charge in [-0.25, -0.2) is 4.79 Å². The SMILES string of the molecule is COC(=O)c1cc(NC(=O)Cn2c(O)c(C=C3C=Nc4ccccc43)sc2=O)ccc1Cl. The average Bonchev–Trinajstić information content (AvgIpc) is 3.31. The Labute approximate surface area is 191 Å². The van der Waals surface area contributed by atoms with E-state index in [1.165, 1.54) is 25.3 Å². The first-order valence-electron chi connectivity index (χ1n) is 9.33. The molecule has 1 aliphatic rings. The second-order valence-electron chi connectivity index (χ2n) is 6.75. The number of thiazole rings is 1. The quantitative estimate of drug-likeness (QED) is 0.550. The number of methoxy groups -OCH3 is 1. The first-order chi connectivity index (χ1) is 15.4. The number of carbonyl (C=O) groups is 2. The van der Waals surface area contributed by atoms with Crippen LogP contribution in [-0.2, 0) is 16.1 Å². The number of aromatic hydroxyl groups is 1. The van der Waals surface area contributed by atoms with Crippen molar-refractivity contribution in [2.45, 2.75) is 6.54 Å². The molecule has 2 heterocycles. The van der Waals surface area contributed by atoms with Crippen molar-refractivity contribution in [1.29, 1.82) is 0 Å². The first kappa shape index (κ1) is 21.5. The number of halogens is 1. The van der Waals surface area contributed by atoms with Gasteiger partial charge in [0, 0.05) is 23.0 Å². The van der Waals surface area contributed by atoms with Gasteiger partial charge in [0.05, 0.1) is 28.3 Å². The summed E-state index contributed by atoms with van der Waals surface area (Å²) in [5.74, 6) is -1.52. The van der Waals surface area contributed by atoms with Crippen LogP contribution in [0.5, 0.6) is 5.88 Å². The molecule has 32 heavy (non-hydrogen) atoms. The van der Waals surface area contributed by atoms with Crippen molar-refractivity contribution in [3.8, 4) is 5.88 Å². The van der Waals surface area contributed by atoms with Gasteiger partial charge in [-0.3, -0.25) is 19.1 Å². The van der Waals surface area contributed by atoms with Crippen LogP contribution in [0.1, 0.15) is 20.8 Å². The third-order valence-corrected chi connectivity index (χ3v) is 5.94. The Balaban J connectivity index is 1.54. The van der Waals surface area contributed by atoms with Crippen LogP contribution in [0.4, 0.5) is 11.4 Å². The van der Waals surface area contributed by atoms with E-state index >= 15 is 0 Å². The van der Waals surface area contributed by atoms with Crippen molar-refractivity contribution < 1.29 is 19.4 Å². The number of aliphatic imine (C=N–C) groups is 1. The van der Waals surface area contributed by atoms with Crippen LogP contribution in [0.25, 0.3) is 11.6 Å². The molecule has 0 fully saturated rings. The van der Waals surface area contributed by atoms with Crippen LogP contribution in [0, 0.1) is 0 Å². The first-order valence-corrected chi connectivity index (χ1v) is 10.5. The van der Waals surface area contributed by atoms with E-state index in [2.05, 4.69) is 15.0 Å². The number of hydrogen-bond acceptors (Lipinski definition) is 7. The molecule has 2 N–H and O–H groups in total. The van der Waals surface area contributed by atoms with Crippen molar-refractivity contribution in [3.63, 3.8) is 0 Å². The molecule has 1 amide bonds. The third-order valence-electron chi connectivity index (χ3n) is 4.70. The Kier molecular flexibility index (Phi) is 5.93. The molecule has 162 valence electrons. The van der Waals surface area contributed by atoms with Gasteiger partial charge in [0.15, 0.2) is 0 Å². The standard InChI is InChI=1S/C22H16ClN3O5S/c1-31-21(29)15-9-13(6-7-16(15)23)25-19(27)11-26-20(28)18(32-22(26)30)8-12-10-24-17-5-3-2-4-14(12)17/h2-10,28H,11H2,1H3,(H,25,27). The number of esters is 1. The number of para-hydroxylation sites is 1. The van der Waals surface area contributed by atoms with E-state index in [0.29, 0.717) is 10.6 Å². The Bertz CT molecular complexity index is 1360. The lowest BCUT2D eigenvalue weighted by atomic mass is 10.1. The molecule has 0 bridgehead atoms. The predicted octanol–water partition coefficient (Wildman–Crippen LogP) is 3.95. The molecule has 1 aromatic heterocycles. The maximum absolute atomic E-state index is 12.5. The Morgan fingerprint density at radius 2 is 2.06 bits per heavy atom. The monoisotopic (exact) mass is 469 g/mol. The number of nitrogens with zero attached hydrogens (tertiary/aromatic N) is 2. The van der Waals surface area contributed by atoms with E-state index in [0.717, 1.165) is 32.7 Å². The summed E-state index contributed by atoms with van der Waals surface area (Å²) >= 11 is 6.80. The van der Waals surface area contributed by atoms with Crippen molar-refractivity contribution in [2.75, 3.05) is 12.4 Å². The molecule has 0 saturated carbocycles. The highest BCUT2D eigenvalue weighted by molar-refractivity contribution is 7.10. The Morgan fingerprint density at radius 1 is 1.28 bits per heavy atom. The lowest BCUT2D eigenvalue weighted by Crippen LogP contribution is -2.24. The predicted molar refractivity (Wildman–Crippen MR) is 124 cm³/mol. The molecule has 0 atom stereocenters. The van der Waals surface area contributed by atoms with Crippen LogP contribution >= 0.6 is 22.9 Å². The zero-order chi connectivity index (χ0) is 22.8. The van der Waals surface area contributed by atoms with E-state index < -0.39 is 23.3 Å². The fourth-order valence-corrected chi connectivity index (χ4v) is 4.19. The molecular weight excluding hydrogens is 454 g/mol. The number of fused-ring (bicyclic) bond motifs is 1. The third kappa shape index (κ3) is 4.20. The lowest BCUT2D eigenvalue weighted by molar-refractivity contribution is -0.116. The number of allylic oxidation sites excluding steroid dienone is 1. The number of benzene rings is 2. The number of anilines is 1. The molecule has 10 heteroatoms. The van der Waals surface area contributed by atoms with Crippen LogP contribution < -0.4 is 10.2 Å². The maximum atomic E-state index is 12.5. The highest BCUT2D eigenvalue weighted by Crippen LogP contribution is 2.34. The summed E-state index contributed by atoms with van der Waals surface area (Å²) in [5.41, 5.74) is 2.84. The highest BCUT2D eigenvalue weighted by Gasteiger charge is 2.19. The number of hydrogen-bond donors (Lipinski definition) is 2. The summed E-state index contributed by atoms with van der Waals surface area (Å²) in [4.78, 5) is 40.8. The summed E-state index contributed by atoms with van der Waals surface area (Å²) < 4.78 is 5.63. The molecule has 3 aromatic rings. The average molecular weight is 470 g/mol. The fraction of sp³-hybridized carbons (Fsp3) is 0.0909. The topological polar surface area (TPSA) is 110 Å². The molecule has 0 unspecified atom stereocenters. The maximum Gasteiger partial charge on any atom is 0.339 e. The fourth-order valence-electron chi connectivity index (χ4n) is 3.16. The molecule has 0 saturated heterocycles. The van der Waals surface area contributed by atoms with E-state index in [-0.39, 0.29) is 16.5 Å².